The lowest BCUT2D eigenvalue weighted by Gasteiger charge is -2.20. The maximum Gasteiger partial charge on any atom is 0.416 e. The van der Waals surface area contributed by atoms with Gasteiger partial charge in [-0.25, -0.2) is 0 Å². The molecule has 1 heterocycles. The number of hydrogen-bond acceptors (Lipinski definition) is 4. The molecule has 7 heteroatoms. The van der Waals surface area contributed by atoms with E-state index in [1.54, 1.807) is 6.07 Å². The van der Waals surface area contributed by atoms with Crippen LogP contribution >= 0.6 is 0 Å². The van der Waals surface area contributed by atoms with E-state index in [0.29, 0.717) is 36.1 Å². The number of anilines is 1. The first-order chi connectivity index (χ1) is 10.4. The minimum atomic E-state index is -4.38. The number of benzene rings is 2. The van der Waals surface area contributed by atoms with Gasteiger partial charge in [0.2, 0.25) is 0 Å². The van der Waals surface area contributed by atoms with Crippen molar-refractivity contribution in [2.24, 2.45) is 0 Å². The van der Waals surface area contributed by atoms with E-state index < -0.39 is 11.7 Å². The maximum atomic E-state index is 12.5. The Balaban J connectivity index is 1.83. The number of alkyl halides is 3. The molecule has 0 fully saturated rings. The zero-order chi connectivity index (χ0) is 15.7. The molecule has 2 aromatic carbocycles. The molecule has 0 radical (unpaired) electrons. The van der Waals surface area contributed by atoms with Gasteiger partial charge in [0.25, 0.3) is 0 Å². The molecule has 1 aliphatic rings. The van der Waals surface area contributed by atoms with E-state index in [-0.39, 0.29) is 5.75 Å². The van der Waals surface area contributed by atoms with Crippen LogP contribution in [0.15, 0.2) is 36.4 Å². The Bertz CT molecular complexity index is 684. The molecule has 3 rings (SSSR count). The highest BCUT2D eigenvalue weighted by molar-refractivity contribution is 5.64. The molecule has 2 aromatic rings. The van der Waals surface area contributed by atoms with Gasteiger partial charge in [0.1, 0.15) is 24.7 Å². The minimum absolute atomic E-state index is 0.268. The quantitative estimate of drug-likeness (QED) is 0.856. The third kappa shape index (κ3) is 2.88. The van der Waals surface area contributed by atoms with E-state index >= 15 is 0 Å². The molecule has 0 atom stereocenters. The van der Waals surface area contributed by atoms with Crippen LogP contribution in [0.25, 0.3) is 0 Å². The van der Waals surface area contributed by atoms with E-state index in [1.807, 2.05) is 0 Å². The zero-order valence-electron chi connectivity index (χ0n) is 11.3. The SMILES string of the molecule is Nc1cc(Oc2ccc(C(F)(F)F)cc2)cc2c1OCCO2. The summed E-state index contributed by atoms with van der Waals surface area (Å²) in [5.74, 6) is 1.53. The van der Waals surface area contributed by atoms with Crippen LogP contribution in [0.3, 0.4) is 0 Å². The van der Waals surface area contributed by atoms with Crippen molar-refractivity contribution in [3.05, 3.63) is 42.0 Å². The van der Waals surface area contributed by atoms with E-state index in [9.17, 15) is 13.2 Å². The Morgan fingerprint density at radius 3 is 2.32 bits per heavy atom. The van der Waals surface area contributed by atoms with Gasteiger partial charge in [0.05, 0.1) is 11.3 Å². The third-order valence-electron chi connectivity index (χ3n) is 3.06. The summed E-state index contributed by atoms with van der Waals surface area (Å²) in [5, 5.41) is 0. The van der Waals surface area contributed by atoms with Crippen molar-refractivity contribution in [3.8, 4) is 23.0 Å². The van der Waals surface area contributed by atoms with Crippen molar-refractivity contribution in [2.45, 2.75) is 6.18 Å². The molecule has 4 nitrogen and oxygen atoms in total. The number of rotatable bonds is 2. The van der Waals surface area contributed by atoms with Gasteiger partial charge in [-0.15, -0.1) is 0 Å². The average molecular weight is 311 g/mol. The van der Waals surface area contributed by atoms with E-state index in [1.165, 1.54) is 18.2 Å². The standard InChI is InChI=1S/C15H12F3NO3/c16-15(17,18)9-1-3-10(4-2-9)22-11-7-12(19)14-13(8-11)20-5-6-21-14/h1-4,7-8H,5-6,19H2. The van der Waals surface area contributed by atoms with Gasteiger partial charge < -0.3 is 19.9 Å². The van der Waals surface area contributed by atoms with E-state index in [2.05, 4.69) is 0 Å². The fourth-order valence-electron chi connectivity index (χ4n) is 2.06. The normalized spacial score (nSPS) is 13.8. The van der Waals surface area contributed by atoms with Crippen molar-refractivity contribution >= 4 is 5.69 Å². The maximum absolute atomic E-state index is 12.5. The van der Waals surface area contributed by atoms with Crippen molar-refractivity contribution in [1.29, 1.82) is 0 Å². The molecule has 2 N–H and O–H groups in total. The highest BCUT2D eigenvalue weighted by Crippen LogP contribution is 2.41. The van der Waals surface area contributed by atoms with Gasteiger partial charge >= 0.3 is 6.18 Å². The van der Waals surface area contributed by atoms with Gasteiger partial charge in [0, 0.05) is 12.1 Å². The molecule has 116 valence electrons. The summed E-state index contributed by atoms with van der Waals surface area (Å²) in [5.41, 5.74) is 5.45. The summed E-state index contributed by atoms with van der Waals surface area (Å²) in [4.78, 5) is 0. The van der Waals surface area contributed by atoms with E-state index in [4.69, 9.17) is 19.9 Å². The van der Waals surface area contributed by atoms with Crippen molar-refractivity contribution < 1.29 is 27.4 Å². The Morgan fingerprint density at radius 1 is 0.955 bits per heavy atom. The third-order valence-corrected chi connectivity index (χ3v) is 3.06. The highest BCUT2D eigenvalue weighted by Gasteiger charge is 2.30. The Labute approximate surface area is 124 Å². The minimum Gasteiger partial charge on any atom is -0.486 e. The number of nitrogens with two attached hydrogens (primary N) is 1. The smallest absolute Gasteiger partial charge is 0.416 e. The second kappa shape index (κ2) is 5.32. The second-order valence-corrected chi connectivity index (χ2v) is 4.66. The zero-order valence-corrected chi connectivity index (χ0v) is 11.3. The topological polar surface area (TPSA) is 53.7 Å². The summed E-state index contributed by atoms with van der Waals surface area (Å²) < 4.78 is 53.8. The Hall–Kier alpha value is -2.57. The summed E-state index contributed by atoms with van der Waals surface area (Å²) in [7, 11) is 0. The van der Waals surface area contributed by atoms with Crippen LogP contribution in [-0.4, -0.2) is 13.2 Å². The van der Waals surface area contributed by atoms with Crippen LogP contribution < -0.4 is 19.9 Å². The molecule has 0 aromatic heterocycles. The van der Waals surface area contributed by atoms with Crippen LogP contribution in [0, 0.1) is 0 Å². The molecule has 0 spiro atoms. The lowest BCUT2D eigenvalue weighted by atomic mass is 10.2. The lowest BCUT2D eigenvalue weighted by molar-refractivity contribution is -0.137. The number of ether oxygens (including phenoxy) is 3. The molecule has 0 aliphatic carbocycles. The largest absolute Gasteiger partial charge is 0.486 e. The van der Waals surface area contributed by atoms with Crippen molar-refractivity contribution in [3.63, 3.8) is 0 Å². The van der Waals surface area contributed by atoms with Gasteiger partial charge in [-0.1, -0.05) is 0 Å². The molecule has 0 saturated carbocycles. The first kappa shape index (κ1) is 14.4. The van der Waals surface area contributed by atoms with Gasteiger partial charge in [-0.05, 0) is 24.3 Å². The molecule has 0 unspecified atom stereocenters. The van der Waals surface area contributed by atoms with Crippen LogP contribution in [0.2, 0.25) is 0 Å². The van der Waals surface area contributed by atoms with Crippen molar-refractivity contribution in [1.82, 2.24) is 0 Å². The number of hydrogen-bond donors (Lipinski definition) is 1. The summed E-state index contributed by atoms with van der Waals surface area (Å²) in [6, 6.07) is 7.52. The molecule has 0 bridgehead atoms. The fraction of sp³-hybridized carbons (Fsp3) is 0.200. The molecular weight excluding hydrogens is 299 g/mol. The van der Waals surface area contributed by atoms with Crippen LogP contribution in [-0.2, 0) is 6.18 Å². The first-order valence-electron chi connectivity index (χ1n) is 6.48. The lowest BCUT2D eigenvalue weighted by Crippen LogP contribution is -2.16. The molecule has 0 amide bonds. The van der Waals surface area contributed by atoms with Gasteiger partial charge in [0.15, 0.2) is 11.5 Å². The Kier molecular flexibility index (Phi) is 3.48. The monoisotopic (exact) mass is 311 g/mol. The number of halogens is 3. The highest BCUT2D eigenvalue weighted by atomic mass is 19.4. The molecule has 0 saturated heterocycles. The number of nitrogen functional groups attached to an aromatic ring is 1. The molecular formula is C15H12F3NO3. The van der Waals surface area contributed by atoms with Crippen LogP contribution in [0.4, 0.5) is 18.9 Å². The predicted octanol–water partition coefficient (Wildman–Crippen LogP) is 3.85. The molecule has 1 aliphatic heterocycles. The van der Waals surface area contributed by atoms with Crippen molar-refractivity contribution in [2.75, 3.05) is 18.9 Å². The van der Waals surface area contributed by atoms with Gasteiger partial charge in [-0.3, -0.25) is 0 Å². The first-order valence-corrected chi connectivity index (χ1v) is 6.48. The summed E-state index contributed by atoms with van der Waals surface area (Å²) >= 11 is 0. The second-order valence-electron chi connectivity index (χ2n) is 4.66. The fourth-order valence-corrected chi connectivity index (χ4v) is 2.06. The van der Waals surface area contributed by atoms with E-state index in [0.717, 1.165) is 12.1 Å². The van der Waals surface area contributed by atoms with Crippen LogP contribution in [0.1, 0.15) is 5.56 Å². The predicted molar refractivity (Wildman–Crippen MR) is 73.4 cm³/mol. The average Bonchev–Trinajstić information content (AvgIpc) is 2.47. The van der Waals surface area contributed by atoms with Gasteiger partial charge in [-0.2, -0.15) is 13.2 Å². The van der Waals surface area contributed by atoms with Crippen LogP contribution in [0.5, 0.6) is 23.0 Å². The number of fused-ring (bicyclic) bond motifs is 1. The molecule has 22 heavy (non-hydrogen) atoms. The Morgan fingerprint density at radius 2 is 1.64 bits per heavy atom. The summed E-state index contributed by atoms with van der Waals surface area (Å²) in [6.07, 6.45) is -4.38. The summed E-state index contributed by atoms with van der Waals surface area (Å²) in [6.45, 7) is 0.812.